The minimum atomic E-state index is -0.528. The molecule has 2 unspecified atom stereocenters. The molecule has 1 aromatic carbocycles. The van der Waals surface area contributed by atoms with E-state index in [9.17, 15) is 14.4 Å². The number of thiophene rings is 1. The van der Waals surface area contributed by atoms with Crippen LogP contribution in [0.4, 0.5) is 0 Å². The molecule has 37 heavy (non-hydrogen) atoms. The minimum Gasteiger partial charge on any atom is -0.461 e. The number of esters is 1. The average Bonchev–Trinajstić information content (AvgIpc) is 3.55. The standard InChI is InChI=1S/C29H31NO6S/c1-4-16(2)22(15-34-29(33)26-10-7-11-37-26)30-27(31)13-20-17(3)19-12-21-18-8-5-6-9-23(18)35-25(21)14-24(19)36-28(20)32/h7,10-12,14,16,22H,4-6,8-9,13,15H2,1-3H3,(H,30,31). The van der Waals surface area contributed by atoms with Crippen LogP contribution in [0.15, 0.2) is 43.3 Å². The van der Waals surface area contributed by atoms with Crippen LogP contribution in [0.2, 0.25) is 0 Å². The van der Waals surface area contributed by atoms with Gasteiger partial charge in [0, 0.05) is 28.8 Å². The van der Waals surface area contributed by atoms with Crippen molar-refractivity contribution in [2.24, 2.45) is 5.92 Å². The Hall–Kier alpha value is -3.39. The lowest BCUT2D eigenvalue weighted by atomic mass is 9.94. The van der Waals surface area contributed by atoms with Gasteiger partial charge in [-0.3, -0.25) is 4.79 Å². The Morgan fingerprint density at radius 2 is 1.92 bits per heavy atom. The Kier molecular flexibility index (Phi) is 7.20. The van der Waals surface area contributed by atoms with Gasteiger partial charge in [0.1, 0.15) is 28.4 Å². The largest absolute Gasteiger partial charge is 0.461 e. The summed E-state index contributed by atoms with van der Waals surface area (Å²) in [4.78, 5) is 38.8. The molecule has 1 aliphatic rings. The highest BCUT2D eigenvalue weighted by Crippen LogP contribution is 2.35. The van der Waals surface area contributed by atoms with Gasteiger partial charge in [-0.05, 0) is 55.2 Å². The fourth-order valence-electron chi connectivity index (χ4n) is 5.03. The number of aryl methyl sites for hydroxylation is 3. The molecule has 1 N–H and O–H groups in total. The van der Waals surface area contributed by atoms with Crippen LogP contribution in [-0.4, -0.2) is 24.5 Å². The average molecular weight is 522 g/mol. The Morgan fingerprint density at radius 3 is 2.68 bits per heavy atom. The summed E-state index contributed by atoms with van der Waals surface area (Å²) in [6, 6.07) is 6.95. The molecule has 1 amide bonds. The highest BCUT2D eigenvalue weighted by atomic mass is 32.1. The maximum absolute atomic E-state index is 13.1. The van der Waals surface area contributed by atoms with E-state index in [1.165, 1.54) is 16.9 Å². The number of ether oxygens (including phenoxy) is 1. The van der Waals surface area contributed by atoms with E-state index in [2.05, 4.69) is 5.32 Å². The van der Waals surface area contributed by atoms with Gasteiger partial charge in [0.15, 0.2) is 0 Å². The number of amides is 1. The molecule has 0 aliphatic heterocycles. The summed E-state index contributed by atoms with van der Waals surface area (Å²) in [6.07, 6.45) is 4.83. The highest BCUT2D eigenvalue weighted by molar-refractivity contribution is 7.11. The number of fused-ring (bicyclic) bond motifs is 4. The molecule has 0 saturated carbocycles. The molecule has 0 spiro atoms. The first-order valence-electron chi connectivity index (χ1n) is 12.9. The zero-order valence-corrected chi connectivity index (χ0v) is 22.2. The zero-order chi connectivity index (χ0) is 26.1. The predicted molar refractivity (Wildman–Crippen MR) is 143 cm³/mol. The summed E-state index contributed by atoms with van der Waals surface area (Å²) < 4.78 is 17.2. The van der Waals surface area contributed by atoms with Gasteiger partial charge in [0.25, 0.3) is 0 Å². The lowest BCUT2D eigenvalue weighted by Gasteiger charge is -2.24. The molecule has 2 atom stereocenters. The second-order valence-corrected chi connectivity index (χ2v) is 10.8. The molecule has 3 aromatic heterocycles. The van der Waals surface area contributed by atoms with E-state index in [1.54, 1.807) is 18.2 Å². The highest BCUT2D eigenvalue weighted by Gasteiger charge is 2.24. The monoisotopic (exact) mass is 521 g/mol. The summed E-state index contributed by atoms with van der Waals surface area (Å²) in [5, 5.41) is 6.66. The smallest absolute Gasteiger partial charge is 0.348 e. The molecule has 8 heteroatoms. The Morgan fingerprint density at radius 1 is 1.14 bits per heavy atom. The molecule has 4 aromatic rings. The van der Waals surface area contributed by atoms with Gasteiger partial charge >= 0.3 is 11.6 Å². The third-order valence-electron chi connectivity index (χ3n) is 7.49. The number of furan rings is 1. The van der Waals surface area contributed by atoms with Crippen molar-refractivity contribution in [3.05, 3.63) is 67.4 Å². The topological polar surface area (TPSA) is 98.8 Å². The lowest BCUT2D eigenvalue weighted by Crippen LogP contribution is -2.44. The number of rotatable bonds is 8. The van der Waals surface area contributed by atoms with Crippen molar-refractivity contribution in [3.63, 3.8) is 0 Å². The Bertz CT molecular complexity index is 1510. The molecule has 0 fully saturated rings. The normalized spacial score (nSPS) is 14.9. The molecule has 3 heterocycles. The number of carbonyl (C=O) groups is 2. The molecule has 0 radical (unpaired) electrons. The summed E-state index contributed by atoms with van der Waals surface area (Å²) in [6.45, 7) is 5.93. The zero-order valence-electron chi connectivity index (χ0n) is 21.3. The van der Waals surface area contributed by atoms with E-state index in [1.807, 2.05) is 32.2 Å². The number of benzene rings is 1. The first-order chi connectivity index (χ1) is 17.9. The van der Waals surface area contributed by atoms with Gasteiger partial charge in [-0.25, -0.2) is 9.59 Å². The number of nitrogens with one attached hydrogen (secondary N) is 1. The lowest BCUT2D eigenvalue weighted by molar-refractivity contribution is -0.122. The maximum atomic E-state index is 13.1. The summed E-state index contributed by atoms with van der Waals surface area (Å²) in [5.41, 5.74) is 2.98. The molecule has 7 nitrogen and oxygen atoms in total. The van der Waals surface area contributed by atoms with E-state index < -0.39 is 11.6 Å². The van der Waals surface area contributed by atoms with Crippen LogP contribution in [0.25, 0.3) is 21.9 Å². The number of carbonyl (C=O) groups excluding carboxylic acids is 2. The van der Waals surface area contributed by atoms with Crippen LogP contribution in [0.5, 0.6) is 0 Å². The third-order valence-corrected chi connectivity index (χ3v) is 8.34. The van der Waals surface area contributed by atoms with E-state index in [0.717, 1.165) is 59.8 Å². The first-order valence-corrected chi connectivity index (χ1v) is 13.7. The molecular weight excluding hydrogens is 490 g/mol. The van der Waals surface area contributed by atoms with Crippen molar-refractivity contribution < 1.29 is 23.2 Å². The first kappa shape index (κ1) is 25.3. The summed E-state index contributed by atoms with van der Waals surface area (Å²) in [7, 11) is 0. The van der Waals surface area contributed by atoms with Crippen molar-refractivity contribution in [1.29, 1.82) is 0 Å². The van der Waals surface area contributed by atoms with E-state index in [4.69, 9.17) is 13.6 Å². The van der Waals surface area contributed by atoms with Crippen molar-refractivity contribution in [1.82, 2.24) is 5.32 Å². The number of hydrogen-bond donors (Lipinski definition) is 1. The van der Waals surface area contributed by atoms with Gasteiger partial charge in [-0.1, -0.05) is 26.3 Å². The number of hydrogen-bond acceptors (Lipinski definition) is 7. The van der Waals surface area contributed by atoms with E-state index in [-0.39, 0.29) is 30.9 Å². The fourth-order valence-corrected chi connectivity index (χ4v) is 5.65. The second kappa shape index (κ2) is 10.5. The quantitative estimate of drug-likeness (QED) is 0.235. The molecule has 0 saturated heterocycles. The van der Waals surface area contributed by atoms with Crippen LogP contribution in [-0.2, 0) is 28.8 Å². The molecule has 5 rings (SSSR count). The second-order valence-electron chi connectivity index (χ2n) is 9.86. The van der Waals surface area contributed by atoms with Gasteiger partial charge in [0.05, 0.1) is 18.0 Å². The van der Waals surface area contributed by atoms with Crippen molar-refractivity contribution in [2.75, 3.05) is 6.61 Å². The molecular formula is C29H31NO6S. The van der Waals surface area contributed by atoms with E-state index in [0.29, 0.717) is 16.0 Å². The summed E-state index contributed by atoms with van der Waals surface area (Å²) in [5.74, 6) is 0.382. The fraction of sp³-hybridized carbons (Fsp3) is 0.414. The van der Waals surface area contributed by atoms with Crippen molar-refractivity contribution in [3.8, 4) is 0 Å². The van der Waals surface area contributed by atoms with Crippen molar-refractivity contribution >= 4 is 45.2 Å². The Labute approximate surface area is 218 Å². The van der Waals surface area contributed by atoms with E-state index >= 15 is 0 Å². The minimum absolute atomic E-state index is 0.0619. The maximum Gasteiger partial charge on any atom is 0.348 e. The van der Waals surface area contributed by atoms with Gasteiger partial charge in [-0.2, -0.15) is 0 Å². The van der Waals surface area contributed by atoms with Crippen LogP contribution >= 0.6 is 11.3 Å². The van der Waals surface area contributed by atoms with Crippen LogP contribution in [0.1, 0.15) is 65.2 Å². The van der Waals surface area contributed by atoms with Gasteiger partial charge in [0.2, 0.25) is 5.91 Å². The SMILES string of the molecule is CCC(C)C(COC(=O)c1cccs1)NC(=O)Cc1c(C)c2cc3c4c(oc3cc2oc1=O)CCCC4. The van der Waals surface area contributed by atoms with Gasteiger partial charge in [-0.15, -0.1) is 11.3 Å². The van der Waals surface area contributed by atoms with Crippen LogP contribution in [0, 0.1) is 12.8 Å². The molecule has 194 valence electrons. The van der Waals surface area contributed by atoms with Crippen LogP contribution in [0.3, 0.4) is 0 Å². The predicted octanol–water partition coefficient (Wildman–Crippen LogP) is 5.72. The Balaban J connectivity index is 1.37. The van der Waals surface area contributed by atoms with Gasteiger partial charge < -0.3 is 18.9 Å². The molecule has 1 aliphatic carbocycles. The molecule has 0 bridgehead atoms. The van der Waals surface area contributed by atoms with Crippen molar-refractivity contribution in [2.45, 2.75) is 65.3 Å². The van der Waals surface area contributed by atoms with Crippen LogP contribution < -0.4 is 10.9 Å². The summed E-state index contributed by atoms with van der Waals surface area (Å²) >= 11 is 1.31. The third kappa shape index (κ3) is 5.07.